The van der Waals surface area contributed by atoms with Crippen LogP contribution in [0.3, 0.4) is 0 Å². The van der Waals surface area contributed by atoms with Crippen molar-refractivity contribution in [3.63, 3.8) is 0 Å². The van der Waals surface area contributed by atoms with Crippen LogP contribution in [0.25, 0.3) is 0 Å². The van der Waals surface area contributed by atoms with E-state index in [0.29, 0.717) is 25.1 Å². The predicted octanol–water partition coefficient (Wildman–Crippen LogP) is 1.65. The maximum absolute atomic E-state index is 5.51. The number of rotatable bonds is 8. The van der Waals surface area contributed by atoms with Crippen molar-refractivity contribution in [1.29, 1.82) is 0 Å². The molecule has 1 aliphatic carbocycles. The van der Waals surface area contributed by atoms with E-state index in [4.69, 9.17) is 9.15 Å². The number of aromatic nitrogens is 2. The van der Waals surface area contributed by atoms with E-state index in [2.05, 4.69) is 27.8 Å². The molecule has 1 aromatic heterocycles. The number of ether oxygens (including phenoxy) is 1. The number of anilines is 1. The standard InChI is InChI=1S/C13H24N4O2/c1-10-3-4-11(7-10)8-15-13-17-16-12(19-13)9-14-5-6-18-2/h10-11,14H,3-9H2,1-2H3,(H,15,17). The van der Waals surface area contributed by atoms with Crippen LogP contribution < -0.4 is 10.6 Å². The van der Waals surface area contributed by atoms with Crippen molar-refractivity contribution in [2.45, 2.75) is 32.7 Å². The second kappa shape index (κ2) is 7.45. The van der Waals surface area contributed by atoms with Crippen LogP contribution in [0.1, 0.15) is 32.1 Å². The molecule has 108 valence electrons. The maximum atomic E-state index is 5.51. The molecule has 6 nitrogen and oxygen atoms in total. The monoisotopic (exact) mass is 268 g/mol. The van der Waals surface area contributed by atoms with E-state index in [1.807, 2.05) is 0 Å². The van der Waals surface area contributed by atoms with Gasteiger partial charge in [-0.15, -0.1) is 5.10 Å². The van der Waals surface area contributed by atoms with Crippen molar-refractivity contribution in [2.24, 2.45) is 11.8 Å². The Morgan fingerprint density at radius 2 is 2.26 bits per heavy atom. The molecule has 2 atom stereocenters. The minimum Gasteiger partial charge on any atom is -0.407 e. The molecule has 2 rings (SSSR count). The van der Waals surface area contributed by atoms with Gasteiger partial charge in [0.25, 0.3) is 0 Å². The molecule has 1 saturated carbocycles. The van der Waals surface area contributed by atoms with Crippen molar-refractivity contribution < 1.29 is 9.15 Å². The third kappa shape index (κ3) is 4.80. The van der Waals surface area contributed by atoms with E-state index in [0.717, 1.165) is 24.9 Å². The van der Waals surface area contributed by atoms with Crippen molar-refractivity contribution >= 4 is 6.01 Å². The molecule has 1 fully saturated rings. The van der Waals surface area contributed by atoms with Crippen molar-refractivity contribution in [3.8, 4) is 0 Å². The topological polar surface area (TPSA) is 72.2 Å². The Morgan fingerprint density at radius 3 is 3.00 bits per heavy atom. The average molecular weight is 268 g/mol. The van der Waals surface area contributed by atoms with Crippen molar-refractivity contribution in [1.82, 2.24) is 15.5 Å². The second-order valence-electron chi connectivity index (χ2n) is 5.34. The predicted molar refractivity (Wildman–Crippen MR) is 72.9 cm³/mol. The van der Waals surface area contributed by atoms with Gasteiger partial charge in [-0.25, -0.2) is 0 Å². The summed E-state index contributed by atoms with van der Waals surface area (Å²) in [6, 6.07) is 0.531. The highest BCUT2D eigenvalue weighted by Crippen LogP contribution is 2.30. The Bertz CT molecular complexity index is 369. The van der Waals surface area contributed by atoms with Gasteiger partial charge in [0.05, 0.1) is 13.2 Å². The zero-order chi connectivity index (χ0) is 13.5. The highest BCUT2D eigenvalue weighted by Gasteiger charge is 2.21. The summed E-state index contributed by atoms with van der Waals surface area (Å²) in [5.74, 6) is 2.21. The van der Waals surface area contributed by atoms with Gasteiger partial charge in [0, 0.05) is 20.2 Å². The molecule has 2 unspecified atom stereocenters. The van der Waals surface area contributed by atoms with Gasteiger partial charge in [0.2, 0.25) is 5.89 Å². The first-order valence-corrected chi connectivity index (χ1v) is 7.04. The SMILES string of the molecule is COCCNCc1nnc(NCC2CCC(C)C2)o1. The molecule has 0 radical (unpaired) electrons. The lowest BCUT2D eigenvalue weighted by molar-refractivity contribution is 0.198. The third-order valence-electron chi connectivity index (χ3n) is 3.57. The van der Waals surface area contributed by atoms with Gasteiger partial charge >= 0.3 is 6.01 Å². The fourth-order valence-corrected chi connectivity index (χ4v) is 2.51. The lowest BCUT2D eigenvalue weighted by Gasteiger charge is -2.08. The second-order valence-corrected chi connectivity index (χ2v) is 5.34. The molecule has 0 aliphatic heterocycles. The zero-order valence-electron chi connectivity index (χ0n) is 11.8. The van der Waals surface area contributed by atoms with Gasteiger partial charge in [0.15, 0.2) is 0 Å². The van der Waals surface area contributed by atoms with Crippen LogP contribution in [0.5, 0.6) is 0 Å². The lowest BCUT2D eigenvalue weighted by Crippen LogP contribution is -2.18. The molecular weight excluding hydrogens is 244 g/mol. The van der Waals surface area contributed by atoms with Crippen LogP contribution in [-0.2, 0) is 11.3 Å². The molecule has 1 heterocycles. The first-order valence-electron chi connectivity index (χ1n) is 7.04. The smallest absolute Gasteiger partial charge is 0.315 e. The number of hydrogen-bond acceptors (Lipinski definition) is 6. The van der Waals surface area contributed by atoms with Gasteiger partial charge in [-0.05, 0) is 24.7 Å². The Hall–Kier alpha value is -1.14. The van der Waals surface area contributed by atoms with Crippen LogP contribution in [-0.4, -0.2) is 37.0 Å². The van der Waals surface area contributed by atoms with Crippen molar-refractivity contribution in [3.05, 3.63) is 5.89 Å². The van der Waals surface area contributed by atoms with Gasteiger partial charge in [-0.1, -0.05) is 18.4 Å². The quantitative estimate of drug-likeness (QED) is 0.699. The van der Waals surface area contributed by atoms with Crippen LogP contribution in [0.4, 0.5) is 6.01 Å². The lowest BCUT2D eigenvalue weighted by atomic mass is 10.1. The Balaban J connectivity index is 1.65. The van der Waals surface area contributed by atoms with Crippen LogP contribution in [0, 0.1) is 11.8 Å². The van der Waals surface area contributed by atoms with Crippen LogP contribution in [0.15, 0.2) is 4.42 Å². The minimum absolute atomic E-state index is 0.531. The summed E-state index contributed by atoms with van der Waals surface area (Å²) in [5, 5.41) is 14.4. The number of methoxy groups -OCH3 is 1. The molecule has 6 heteroatoms. The average Bonchev–Trinajstić information content (AvgIpc) is 3.01. The molecule has 19 heavy (non-hydrogen) atoms. The van der Waals surface area contributed by atoms with Gasteiger partial charge in [-0.3, -0.25) is 0 Å². The normalized spacial score (nSPS) is 22.8. The van der Waals surface area contributed by atoms with E-state index in [-0.39, 0.29) is 0 Å². The summed E-state index contributed by atoms with van der Waals surface area (Å²) in [7, 11) is 1.68. The molecule has 0 amide bonds. The van der Waals surface area contributed by atoms with Crippen LogP contribution in [0.2, 0.25) is 0 Å². The molecule has 0 saturated heterocycles. The fraction of sp³-hybridized carbons (Fsp3) is 0.846. The summed E-state index contributed by atoms with van der Waals surface area (Å²) in [4.78, 5) is 0. The summed E-state index contributed by atoms with van der Waals surface area (Å²) in [6.07, 6.45) is 3.94. The molecule has 0 bridgehead atoms. The fourth-order valence-electron chi connectivity index (χ4n) is 2.51. The maximum Gasteiger partial charge on any atom is 0.315 e. The number of nitrogens with one attached hydrogen (secondary N) is 2. The van der Waals surface area contributed by atoms with Crippen molar-refractivity contribution in [2.75, 3.05) is 32.1 Å². The van der Waals surface area contributed by atoms with E-state index in [9.17, 15) is 0 Å². The molecule has 0 aromatic carbocycles. The minimum atomic E-state index is 0.531. The van der Waals surface area contributed by atoms with E-state index in [1.54, 1.807) is 7.11 Å². The molecule has 1 aromatic rings. The summed E-state index contributed by atoms with van der Waals surface area (Å²) in [5.41, 5.74) is 0. The summed E-state index contributed by atoms with van der Waals surface area (Å²) < 4.78 is 10.5. The largest absolute Gasteiger partial charge is 0.407 e. The summed E-state index contributed by atoms with van der Waals surface area (Å²) >= 11 is 0. The molecule has 2 N–H and O–H groups in total. The first kappa shape index (κ1) is 14.3. The van der Waals surface area contributed by atoms with Crippen LogP contribution >= 0.6 is 0 Å². The highest BCUT2D eigenvalue weighted by molar-refractivity contribution is 5.17. The number of hydrogen-bond donors (Lipinski definition) is 2. The van der Waals surface area contributed by atoms with E-state index < -0.39 is 0 Å². The third-order valence-corrected chi connectivity index (χ3v) is 3.57. The molecule has 0 spiro atoms. The number of nitrogens with zero attached hydrogens (tertiary/aromatic N) is 2. The first-order chi connectivity index (χ1) is 9.28. The Labute approximate surface area is 114 Å². The zero-order valence-corrected chi connectivity index (χ0v) is 11.8. The Morgan fingerprint density at radius 1 is 1.37 bits per heavy atom. The Kier molecular flexibility index (Phi) is 5.60. The molecule has 1 aliphatic rings. The van der Waals surface area contributed by atoms with Gasteiger partial charge < -0.3 is 19.8 Å². The van der Waals surface area contributed by atoms with Gasteiger partial charge in [-0.2, -0.15) is 0 Å². The molecular formula is C13H24N4O2. The van der Waals surface area contributed by atoms with Gasteiger partial charge in [0.1, 0.15) is 0 Å². The van der Waals surface area contributed by atoms with E-state index in [1.165, 1.54) is 19.3 Å². The van der Waals surface area contributed by atoms with E-state index >= 15 is 0 Å². The summed E-state index contributed by atoms with van der Waals surface area (Å²) in [6.45, 7) is 5.29. The highest BCUT2D eigenvalue weighted by atomic mass is 16.5.